The molecule has 0 unspecified atom stereocenters. The molecule has 0 amide bonds. The Morgan fingerprint density at radius 3 is 3.00 bits per heavy atom. The predicted molar refractivity (Wildman–Crippen MR) is 64.0 cm³/mol. The maximum absolute atomic E-state index is 12.0. The molecule has 2 rings (SSSR count). The number of benzene rings is 1. The first kappa shape index (κ1) is 11.2. The molecule has 0 N–H and O–H groups in total. The molecule has 1 aliphatic heterocycles. The zero-order valence-electron chi connectivity index (χ0n) is 9.95. The molecule has 0 aliphatic carbocycles. The van der Waals surface area contributed by atoms with E-state index in [2.05, 4.69) is 13.8 Å². The number of para-hydroxylation sites is 1. The highest BCUT2D eigenvalue weighted by molar-refractivity contribution is 5.99. The number of hydrogen-bond donors (Lipinski definition) is 0. The van der Waals surface area contributed by atoms with Crippen molar-refractivity contribution in [1.29, 1.82) is 0 Å². The van der Waals surface area contributed by atoms with Gasteiger partial charge in [0.15, 0.2) is 5.78 Å². The van der Waals surface area contributed by atoms with Gasteiger partial charge in [-0.25, -0.2) is 0 Å². The van der Waals surface area contributed by atoms with Crippen LogP contribution in [0.3, 0.4) is 0 Å². The third-order valence-electron chi connectivity index (χ3n) is 2.96. The van der Waals surface area contributed by atoms with E-state index in [4.69, 9.17) is 4.74 Å². The normalized spacial score (nSPS) is 13.7. The summed E-state index contributed by atoms with van der Waals surface area (Å²) in [4.78, 5) is 12.0. The zero-order chi connectivity index (χ0) is 11.5. The number of hydrogen-bond acceptors (Lipinski definition) is 2. The van der Waals surface area contributed by atoms with Crippen molar-refractivity contribution in [1.82, 2.24) is 0 Å². The van der Waals surface area contributed by atoms with E-state index >= 15 is 0 Å². The fourth-order valence-corrected chi connectivity index (χ4v) is 1.99. The fraction of sp³-hybridized carbons (Fsp3) is 0.500. The molecule has 1 aromatic rings. The maximum Gasteiger partial charge on any atom is 0.166 e. The van der Waals surface area contributed by atoms with E-state index in [1.54, 1.807) is 0 Å². The lowest BCUT2D eigenvalue weighted by atomic mass is 9.99. The van der Waals surface area contributed by atoms with Gasteiger partial charge in [0.05, 0.1) is 12.2 Å². The monoisotopic (exact) mass is 218 g/mol. The lowest BCUT2D eigenvalue weighted by Gasteiger charge is -2.08. The van der Waals surface area contributed by atoms with Crippen LogP contribution in [0.1, 0.15) is 42.6 Å². The second-order valence-corrected chi connectivity index (χ2v) is 4.75. The van der Waals surface area contributed by atoms with Gasteiger partial charge >= 0.3 is 0 Å². The Kier molecular flexibility index (Phi) is 3.28. The van der Waals surface area contributed by atoms with Crippen LogP contribution >= 0.6 is 0 Å². The first-order chi connectivity index (χ1) is 7.68. The van der Waals surface area contributed by atoms with Crippen LogP contribution in [0.2, 0.25) is 0 Å². The molecule has 0 fully saturated rings. The van der Waals surface area contributed by atoms with Gasteiger partial charge < -0.3 is 4.74 Å². The molecule has 86 valence electrons. The highest BCUT2D eigenvalue weighted by Gasteiger charge is 2.19. The molecule has 0 spiro atoms. The maximum atomic E-state index is 12.0. The van der Waals surface area contributed by atoms with E-state index < -0.39 is 0 Å². The van der Waals surface area contributed by atoms with E-state index in [0.29, 0.717) is 18.9 Å². The SMILES string of the molecule is CC(C)CCC(=O)c1cccc2c1OCC2. The Labute approximate surface area is 96.6 Å². The van der Waals surface area contributed by atoms with Gasteiger partial charge in [-0.2, -0.15) is 0 Å². The summed E-state index contributed by atoms with van der Waals surface area (Å²) in [5.41, 5.74) is 1.95. The van der Waals surface area contributed by atoms with E-state index in [1.807, 2.05) is 18.2 Å². The van der Waals surface area contributed by atoms with E-state index in [1.165, 1.54) is 5.56 Å². The molecule has 2 nitrogen and oxygen atoms in total. The molecular weight excluding hydrogens is 200 g/mol. The van der Waals surface area contributed by atoms with E-state index in [-0.39, 0.29) is 5.78 Å². The third-order valence-corrected chi connectivity index (χ3v) is 2.96. The summed E-state index contributed by atoms with van der Waals surface area (Å²) in [5.74, 6) is 1.62. The van der Waals surface area contributed by atoms with Gasteiger partial charge in [0.25, 0.3) is 0 Å². The Morgan fingerprint density at radius 1 is 1.44 bits per heavy atom. The largest absolute Gasteiger partial charge is 0.492 e. The lowest BCUT2D eigenvalue weighted by molar-refractivity contribution is 0.0972. The van der Waals surface area contributed by atoms with Crippen molar-refractivity contribution in [3.8, 4) is 5.75 Å². The molecule has 1 aromatic carbocycles. The van der Waals surface area contributed by atoms with Gasteiger partial charge in [-0.3, -0.25) is 4.79 Å². The van der Waals surface area contributed by atoms with Gasteiger partial charge in [0, 0.05) is 12.8 Å². The molecule has 0 aromatic heterocycles. The number of carbonyl (C=O) groups is 1. The Balaban J connectivity index is 2.15. The van der Waals surface area contributed by atoms with Crippen LogP contribution in [0, 0.1) is 5.92 Å². The second kappa shape index (κ2) is 4.69. The molecule has 0 saturated heterocycles. The minimum absolute atomic E-state index is 0.215. The third kappa shape index (κ3) is 2.26. The molecular formula is C14H18O2. The molecule has 0 bridgehead atoms. The van der Waals surface area contributed by atoms with E-state index in [9.17, 15) is 4.79 Å². The number of fused-ring (bicyclic) bond motifs is 1. The van der Waals surface area contributed by atoms with Gasteiger partial charge in [-0.05, 0) is 24.0 Å². The minimum atomic E-state index is 0.215. The summed E-state index contributed by atoms with van der Waals surface area (Å²) in [6, 6.07) is 5.88. The van der Waals surface area contributed by atoms with Crippen molar-refractivity contribution in [3.63, 3.8) is 0 Å². The fourth-order valence-electron chi connectivity index (χ4n) is 1.99. The number of ether oxygens (including phenoxy) is 1. The van der Waals surface area contributed by atoms with Crippen LogP contribution in [0.5, 0.6) is 5.75 Å². The van der Waals surface area contributed by atoms with Crippen molar-refractivity contribution in [2.24, 2.45) is 5.92 Å². The smallest absolute Gasteiger partial charge is 0.166 e. The average molecular weight is 218 g/mol. The lowest BCUT2D eigenvalue weighted by Crippen LogP contribution is -2.03. The van der Waals surface area contributed by atoms with Gasteiger partial charge in [-0.15, -0.1) is 0 Å². The van der Waals surface area contributed by atoms with Crippen LogP contribution in [0.4, 0.5) is 0 Å². The predicted octanol–water partition coefficient (Wildman–Crippen LogP) is 3.24. The van der Waals surface area contributed by atoms with Crippen molar-refractivity contribution >= 4 is 5.78 Å². The molecule has 0 atom stereocenters. The number of ketones is 1. The van der Waals surface area contributed by atoms with Gasteiger partial charge in [-0.1, -0.05) is 26.0 Å². The van der Waals surface area contributed by atoms with Crippen LogP contribution in [-0.4, -0.2) is 12.4 Å². The first-order valence-electron chi connectivity index (χ1n) is 5.96. The van der Waals surface area contributed by atoms with Crippen molar-refractivity contribution in [3.05, 3.63) is 29.3 Å². The summed E-state index contributed by atoms with van der Waals surface area (Å²) in [6.45, 7) is 4.99. The minimum Gasteiger partial charge on any atom is -0.492 e. The highest BCUT2D eigenvalue weighted by Crippen LogP contribution is 2.30. The molecule has 16 heavy (non-hydrogen) atoms. The van der Waals surface area contributed by atoms with Crippen LogP contribution in [-0.2, 0) is 6.42 Å². The average Bonchev–Trinajstić information content (AvgIpc) is 2.73. The first-order valence-corrected chi connectivity index (χ1v) is 5.96. The van der Waals surface area contributed by atoms with Gasteiger partial charge in [0.2, 0.25) is 0 Å². The van der Waals surface area contributed by atoms with E-state index in [0.717, 1.165) is 24.2 Å². The quantitative estimate of drug-likeness (QED) is 0.725. The topological polar surface area (TPSA) is 26.3 Å². The molecule has 1 heterocycles. The Morgan fingerprint density at radius 2 is 2.25 bits per heavy atom. The summed E-state index contributed by atoms with van der Waals surface area (Å²) >= 11 is 0. The Hall–Kier alpha value is -1.31. The molecule has 0 saturated carbocycles. The molecule has 0 radical (unpaired) electrons. The number of rotatable bonds is 4. The van der Waals surface area contributed by atoms with Crippen LogP contribution < -0.4 is 4.74 Å². The summed E-state index contributed by atoms with van der Waals surface area (Å²) in [5, 5.41) is 0. The molecule has 1 aliphatic rings. The number of carbonyl (C=O) groups excluding carboxylic acids is 1. The Bertz CT molecular complexity index is 394. The summed E-state index contributed by atoms with van der Waals surface area (Å²) in [7, 11) is 0. The van der Waals surface area contributed by atoms with Crippen molar-refractivity contribution < 1.29 is 9.53 Å². The van der Waals surface area contributed by atoms with Crippen LogP contribution in [0.15, 0.2) is 18.2 Å². The van der Waals surface area contributed by atoms with Crippen molar-refractivity contribution in [2.45, 2.75) is 33.1 Å². The number of Topliss-reactive ketones (excluding diaryl/α,β-unsaturated/α-hetero) is 1. The summed E-state index contributed by atoms with van der Waals surface area (Å²) in [6.07, 6.45) is 2.50. The van der Waals surface area contributed by atoms with Crippen molar-refractivity contribution in [2.75, 3.05) is 6.61 Å². The molecule has 2 heteroatoms. The zero-order valence-corrected chi connectivity index (χ0v) is 9.95. The standard InChI is InChI=1S/C14H18O2/c1-10(2)6-7-13(15)12-5-3-4-11-8-9-16-14(11)12/h3-5,10H,6-9H2,1-2H3. The van der Waals surface area contributed by atoms with Gasteiger partial charge in [0.1, 0.15) is 5.75 Å². The van der Waals surface area contributed by atoms with Crippen LogP contribution in [0.25, 0.3) is 0 Å². The highest BCUT2D eigenvalue weighted by atomic mass is 16.5. The summed E-state index contributed by atoms with van der Waals surface area (Å²) < 4.78 is 5.54. The second-order valence-electron chi connectivity index (χ2n) is 4.75.